The zero-order valence-electron chi connectivity index (χ0n) is 11.1. The van der Waals surface area contributed by atoms with Gasteiger partial charge in [-0.1, -0.05) is 30.3 Å². The highest BCUT2D eigenvalue weighted by atomic mass is 16.5. The van der Waals surface area contributed by atoms with Gasteiger partial charge in [-0.15, -0.1) is 0 Å². The first-order valence-electron chi connectivity index (χ1n) is 6.37. The van der Waals surface area contributed by atoms with Crippen molar-refractivity contribution in [2.45, 2.75) is 13.3 Å². The standard InChI is InChI=1S/C14H20N2O3/c1-2-15-13(17)10-16-14(18)11-19-9-8-12-6-4-3-5-7-12/h3-7H,2,8-11H2,1H3,(H,15,17)(H,16,18). The normalized spacial score (nSPS) is 9.95. The monoisotopic (exact) mass is 264 g/mol. The molecule has 0 atom stereocenters. The van der Waals surface area contributed by atoms with Gasteiger partial charge in [0.25, 0.3) is 0 Å². The Morgan fingerprint density at radius 1 is 1.11 bits per heavy atom. The lowest BCUT2D eigenvalue weighted by atomic mass is 10.2. The van der Waals surface area contributed by atoms with Crippen LogP contribution in [-0.2, 0) is 20.7 Å². The summed E-state index contributed by atoms with van der Waals surface area (Å²) < 4.78 is 5.25. The molecule has 0 aliphatic carbocycles. The van der Waals surface area contributed by atoms with E-state index in [0.717, 1.165) is 6.42 Å². The molecule has 0 aromatic heterocycles. The summed E-state index contributed by atoms with van der Waals surface area (Å²) in [6.45, 7) is 2.84. The van der Waals surface area contributed by atoms with Gasteiger partial charge in [0.1, 0.15) is 6.61 Å². The maximum atomic E-state index is 11.3. The van der Waals surface area contributed by atoms with E-state index in [4.69, 9.17) is 4.74 Å². The second-order valence-corrected chi connectivity index (χ2v) is 4.02. The number of carbonyl (C=O) groups excluding carboxylic acids is 2. The minimum absolute atomic E-state index is 0.00524. The van der Waals surface area contributed by atoms with Crippen LogP contribution < -0.4 is 10.6 Å². The van der Waals surface area contributed by atoms with Crippen molar-refractivity contribution in [3.63, 3.8) is 0 Å². The first-order valence-corrected chi connectivity index (χ1v) is 6.37. The van der Waals surface area contributed by atoms with Crippen LogP contribution >= 0.6 is 0 Å². The third-order valence-electron chi connectivity index (χ3n) is 2.43. The van der Waals surface area contributed by atoms with Gasteiger partial charge >= 0.3 is 0 Å². The van der Waals surface area contributed by atoms with Crippen molar-refractivity contribution >= 4 is 11.8 Å². The van der Waals surface area contributed by atoms with Gasteiger partial charge in [0.15, 0.2) is 0 Å². The highest BCUT2D eigenvalue weighted by Gasteiger charge is 2.04. The molecular formula is C14H20N2O3. The Morgan fingerprint density at radius 3 is 2.53 bits per heavy atom. The van der Waals surface area contributed by atoms with Gasteiger partial charge in [-0.25, -0.2) is 0 Å². The molecule has 0 unspecified atom stereocenters. The SMILES string of the molecule is CCNC(=O)CNC(=O)COCCc1ccccc1. The molecule has 19 heavy (non-hydrogen) atoms. The third kappa shape index (κ3) is 7.21. The van der Waals surface area contributed by atoms with Crippen LogP contribution in [0, 0.1) is 0 Å². The smallest absolute Gasteiger partial charge is 0.246 e. The zero-order chi connectivity index (χ0) is 13.9. The predicted octanol–water partition coefficient (Wildman–Crippen LogP) is 0.498. The average molecular weight is 264 g/mol. The Hall–Kier alpha value is -1.88. The third-order valence-corrected chi connectivity index (χ3v) is 2.43. The predicted molar refractivity (Wildman–Crippen MR) is 72.7 cm³/mol. The Balaban J connectivity index is 2.06. The highest BCUT2D eigenvalue weighted by Crippen LogP contribution is 1.99. The summed E-state index contributed by atoms with van der Waals surface area (Å²) >= 11 is 0. The molecule has 0 bridgehead atoms. The molecule has 0 saturated heterocycles. The van der Waals surface area contributed by atoms with Crippen molar-refractivity contribution in [2.75, 3.05) is 26.3 Å². The Kier molecular flexibility index (Phi) is 7.27. The fourth-order valence-corrected chi connectivity index (χ4v) is 1.49. The van der Waals surface area contributed by atoms with E-state index in [1.54, 1.807) is 0 Å². The highest BCUT2D eigenvalue weighted by molar-refractivity contribution is 5.85. The van der Waals surface area contributed by atoms with Crippen LogP contribution in [0.3, 0.4) is 0 Å². The van der Waals surface area contributed by atoms with Crippen molar-refractivity contribution in [3.8, 4) is 0 Å². The molecule has 2 N–H and O–H groups in total. The van der Waals surface area contributed by atoms with E-state index in [1.807, 2.05) is 37.3 Å². The number of amides is 2. The zero-order valence-corrected chi connectivity index (χ0v) is 11.1. The quantitative estimate of drug-likeness (QED) is 0.672. The van der Waals surface area contributed by atoms with Crippen LogP contribution in [0.25, 0.3) is 0 Å². The Morgan fingerprint density at radius 2 is 1.84 bits per heavy atom. The molecule has 1 aromatic rings. The maximum absolute atomic E-state index is 11.3. The van der Waals surface area contributed by atoms with Gasteiger partial charge < -0.3 is 15.4 Å². The van der Waals surface area contributed by atoms with Gasteiger partial charge in [0.05, 0.1) is 13.2 Å². The maximum Gasteiger partial charge on any atom is 0.246 e. The number of rotatable bonds is 8. The van der Waals surface area contributed by atoms with Crippen LogP contribution in [0.5, 0.6) is 0 Å². The number of carbonyl (C=O) groups is 2. The van der Waals surface area contributed by atoms with E-state index in [1.165, 1.54) is 5.56 Å². The van der Waals surface area contributed by atoms with Crippen molar-refractivity contribution in [3.05, 3.63) is 35.9 Å². The molecule has 1 rings (SSSR count). The van der Waals surface area contributed by atoms with Crippen LogP contribution in [-0.4, -0.2) is 38.1 Å². The molecule has 0 heterocycles. The van der Waals surface area contributed by atoms with Crippen molar-refractivity contribution < 1.29 is 14.3 Å². The molecule has 0 aliphatic heterocycles. The number of likely N-dealkylation sites (N-methyl/N-ethyl adjacent to an activating group) is 1. The van der Waals surface area contributed by atoms with Crippen LogP contribution in [0.15, 0.2) is 30.3 Å². The van der Waals surface area contributed by atoms with Gasteiger partial charge in [-0.2, -0.15) is 0 Å². The molecule has 0 radical (unpaired) electrons. The molecule has 104 valence electrons. The first-order chi connectivity index (χ1) is 9.22. The minimum atomic E-state index is -0.278. The lowest BCUT2D eigenvalue weighted by molar-refractivity contribution is -0.128. The summed E-state index contributed by atoms with van der Waals surface area (Å²) in [4.78, 5) is 22.4. The minimum Gasteiger partial charge on any atom is -0.371 e. The summed E-state index contributed by atoms with van der Waals surface area (Å²) in [6, 6.07) is 9.92. The molecule has 1 aromatic carbocycles. The summed E-state index contributed by atoms with van der Waals surface area (Å²) in [6.07, 6.45) is 0.768. The Bertz CT molecular complexity index is 393. The van der Waals surface area contributed by atoms with E-state index in [0.29, 0.717) is 13.2 Å². The number of ether oxygens (including phenoxy) is 1. The Labute approximate surface area is 113 Å². The molecule has 0 spiro atoms. The van der Waals surface area contributed by atoms with Crippen LogP contribution in [0.1, 0.15) is 12.5 Å². The molecule has 0 aliphatic rings. The molecule has 5 heteroatoms. The van der Waals surface area contributed by atoms with Gasteiger partial charge in [0, 0.05) is 6.54 Å². The summed E-state index contributed by atoms with van der Waals surface area (Å²) in [5.74, 6) is -0.473. The molecule has 0 fully saturated rings. The van der Waals surface area contributed by atoms with Crippen LogP contribution in [0.4, 0.5) is 0 Å². The lowest BCUT2D eigenvalue weighted by Gasteiger charge is -2.06. The number of benzene rings is 1. The van der Waals surface area contributed by atoms with E-state index in [2.05, 4.69) is 10.6 Å². The fourth-order valence-electron chi connectivity index (χ4n) is 1.49. The van der Waals surface area contributed by atoms with Crippen molar-refractivity contribution in [2.24, 2.45) is 0 Å². The number of nitrogens with one attached hydrogen (secondary N) is 2. The topological polar surface area (TPSA) is 67.4 Å². The largest absolute Gasteiger partial charge is 0.371 e. The van der Waals surface area contributed by atoms with Crippen molar-refractivity contribution in [1.29, 1.82) is 0 Å². The summed E-state index contributed by atoms with van der Waals surface area (Å²) in [5.41, 5.74) is 1.17. The second-order valence-electron chi connectivity index (χ2n) is 4.02. The number of hydrogen-bond donors (Lipinski definition) is 2. The van der Waals surface area contributed by atoms with Crippen molar-refractivity contribution in [1.82, 2.24) is 10.6 Å². The van der Waals surface area contributed by atoms with Gasteiger partial charge in [-0.05, 0) is 18.9 Å². The average Bonchev–Trinajstić information content (AvgIpc) is 2.43. The van der Waals surface area contributed by atoms with E-state index < -0.39 is 0 Å². The number of hydrogen-bond acceptors (Lipinski definition) is 3. The first kappa shape index (κ1) is 15.2. The lowest BCUT2D eigenvalue weighted by Crippen LogP contribution is -2.38. The van der Waals surface area contributed by atoms with E-state index in [9.17, 15) is 9.59 Å². The van der Waals surface area contributed by atoms with Gasteiger partial charge in [-0.3, -0.25) is 9.59 Å². The molecule has 0 saturated carbocycles. The van der Waals surface area contributed by atoms with E-state index >= 15 is 0 Å². The molecular weight excluding hydrogens is 244 g/mol. The van der Waals surface area contributed by atoms with Crippen LogP contribution in [0.2, 0.25) is 0 Å². The van der Waals surface area contributed by atoms with Gasteiger partial charge in [0.2, 0.25) is 11.8 Å². The molecule has 2 amide bonds. The fraction of sp³-hybridized carbons (Fsp3) is 0.429. The molecule has 5 nitrogen and oxygen atoms in total. The van der Waals surface area contributed by atoms with E-state index in [-0.39, 0.29) is 25.0 Å². The second kappa shape index (κ2) is 9.10. The summed E-state index contributed by atoms with van der Waals surface area (Å²) in [7, 11) is 0. The summed E-state index contributed by atoms with van der Waals surface area (Å²) in [5, 5.41) is 5.09.